The maximum Gasteiger partial charge on any atom is 0.293 e. The van der Waals surface area contributed by atoms with Crippen LogP contribution in [0.25, 0.3) is 0 Å². The van der Waals surface area contributed by atoms with Gasteiger partial charge in [0, 0.05) is 0 Å². The van der Waals surface area contributed by atoms with E-state index in [1.165, 1.54) is 12.1 Å². The molecule has 1 saturated carbocycles. The molecule has 16 heavy (non-hydrogen) atoms. The maximum absolute atomic E-state index is 11.0. The van der Waals surface area contributed by atoms with Gasteiger partial charge in [0.05, 0.1) is 4.90 Å². The summed E-state index contributed by atoms with van der Waals surface area (Å²) in [4.78, 5) is 10.4. The molecule has 0 radical (unpaired) electrons. The molecule has 1 aliphatic rings. The number of benzene rings is 1. The van der Waals surface area contributed by atoms with Crippen molar-refractivity contribution in [1.29, 1.82) is 0 Å². The first-order valence-electron chi connectivity index (χ1n) is 4.73. The highest BCUT2D eigenvalue weighted by Gasteiger charge is 2.46. The fourth-order valence-electron chi connectivity index (χ4n) is 1.63. The molecule has 0 bridgehead atoms. The van der Waals surface area contributed by atoms with Gasteiger partial charge in [-0.3, -0.25) is 4.79 Å². The fraction of sp³-hybridized carbons (Fsp3) is 0.300. The first-order valence-corrected chi connectivity index (χ1v) is 6.27. The van der Waals surface area contributed by atoms with Crippen molar-refractivity contribution in [3.63, 3.8) is 0 Å². The summed E-state index contributed by atoms with van der Waals surface area (Å²) in [6.45, 7) is 0.417. The van der Waals surface area contributed by atoms with Gasteiger partial charge in [-0.25, -0.2) is 13.6 Å². The van der Waals surface area contributed by atoms with Gasteiger partial charge in [0.15, 0.2) is 0 Å². The molecule has 0 unspecified atom stereocenters. The Morgan fingerprint density at radius 2 is 1.81 bits per heavy atom. The number of rotatable bonds is 4. The molecule has 0 amide bonds. The highest BCUT2D eigenvalue weighted by Crippen LogP contribution is 2.48. The van der Waals surface area contributed by atoms with E-state index >= 15 is 0 Å². The zero-order chi connectivity index (χ0) is 11.8. The van der Waals surface area contributed by atoms with E-state index in [0.29, 0.717) is 6.47 Å². The summed E-state index contributed by atoms with van der Waals surface area (Å²) in [7, 11) is -3.67. The molecule has 1 aromatic carbocycles. The highest BCUT2D eigenvalue weighted by atomic mass is 32.2. The van der Waals surface area contributed by atoms with Crippen LogP contribution in [0.5, 0.6) is 0 Å². The Kier molecular flexibility index (Phi) is 2.47. The SMILES string of the molecule is NS(=O)(=O)c1ccc(C2(OC=O)CC2)cc1. The molecule has 1 aromatic rings. The van der Waals surface area contributed by atoms with Crippen molar-refractivity contribution in [2.75, 3.05) is 0 Å². The number of hydrogen-bond acceptors (Lipinski definition) is 4. The molecule has 6 heteroatoms. The molecular formula is C10H11NO4S. The summed E-state index contributed by atoms with van der Waals surface area (Å²) >= 11 is 0. The summed E-state index contributed by atoms with van der Waals surface area (Å²) < 4.78 is 27.0. The van der Waals surface area contributed by atoms with Crippen LogP contribution in [0.15, 0.2) is 29.2 Å². The molecule has 1 aliphatic carbocycles. The van der Waals surface area contributed by atoms with E-state index < -0.39 is 15.6 Å². The Morgan fingerprint density at radius 3 is 2.19 bits per heavy atom. The molecule has 5 nitrogen and oxygen atoms in total. The molecule has 0 heterocycles. The van der Waals surface area contributed by atoms with Gasteiger partial charge >= 0.3 is 0 Å². The number of nitrogens with two attached hydrogens (primary N) is 1. The van der Waals surface area contributed by atoms with Crippen molar-refractivity contribution in [2.45, 2.75) is 23.3 Å². The normalized spacial score (nSPS) is 17.8. The van der Waals surface area contributed by atoms with Crippen LogP contribution in [0.1, 0.15) is 18.4 Å². The molecule has 0 atom stereocenters. The number of primary sulfonamides is 1. The summed E-state index contributed by atoms with van der Waals surface area (Å²) in [5.74, 6) is 0. The maximum atomic E-state index is 11.0. The van der Waals surface area contributed by atoms with Crippen LogP contribution in [0, 0.1) is 0 Å². The highest BCUT2D eigenvalue weighted by molar-refractivity contribution is 7.89. The predicted molar refractivity (Wildman–Crippen MR) is 55.9 cm³/mol. The van der Waals surface area contributed by atoms with Crippen molar-refractivity contribution in [1.82, 2.24) is 0 Å². The zero-order valence-corrected chi connectivity index (χ0v) is 9.24. The van der Waals surface area contributed by atoms with Gasteiger partial charge in [0.2, 0.25) is 10.0 Å². The second-order valence-electron chi connectivity index (χ2n) is 3.78. The van der Waals surface area contributed by atoms with E-state index in [1.807, 2.05) is 0 Å². The lowest BCUT2D eigenvalue weighted by Crippen LogP contribution is -2.14. The van der Waals surface area contributed by atoms with Crippen molar-refractivity contribution < 1.29 is 17.9 Å². The lowest BCUT2D eigenvalue weighted by Gasteiger charge is -2.13. The average Bonchev–Trinajstić information content (AvgIpc) is 2.99. The summed E-state index contributed by atoms with van der Waals surface area (Å²) in [6.07, 6.45) is 1.53. The van der Waals surface area contributed by atoms with Gasteiger partial charge in [0.1, 0.15) is 5.60 Å². The number of carbonyl (C=O) groups is 1. The monoisotopic (exact) mass is 241 g/mol. The van der Waals surface area contributed by atoms with Crippen molar-refractivity contribution in [2.24, 2.45) is 5.14 Å². The standard InChI is InChI=1S/C10H11NO4S/c11-16(13,14)9-3-1-8(2-4-9)10(5-6-10)15-7-12/h1-4,7H,5-6H2,(H2,11,13,14). The lowest BCUT2D eigenvalue weighted by atomic mass is 10.1. The minimum Gasteiger partial charge on any atom is -0.456 e. The minimum atomic E-state index is -3.67. The summed E-state index contributed by atoms with van der Waals surface area (Å²) in [6, 6.07) is 6.07. The van der Waals surface area contributed by atoms with Crippen LogP contribution < -0.4 is 5.14 Å². The van der Waals surface area contributed by atoms with Gasteiger partial charge in [-0.2, -0.15) is 0 Å². The molecule has 0 spiro atoms. The molecule has 0 saturated heterocycles. The second kappa shape index (κ2) is 3.57. The zero-order valence-electron chi connectivity index (χ0n) is 8.42. The van der Waals surface area contributed by atoms with Crippen molar-refractivity contribution in [3.8, 4) is 0 Å². The molecule has 0 aliphatic heterocycles. The first-order chi connectivity index (χ1) is 7.48. The lowest BCUT2D eigenvalue weighted by molar-refractivity contribution is -0.136. The van der Waals surface area contributed by atoms with E-state index in [2.05, 4.69) is 0 Å². The number of sulfonamides is 1. The molecular weight excluding hydrogens is 230 g/mol. The van der Waals surface area contributed by atoms with Gasteiger partial charge in [0.25, 0.3) is 6.47 Å². The average molecular weight is 241 g/mol. The Balaban J connectivity index is 2.30. The van der Waals surface area contributed by atoms with E-state index in [9.17, 15) is 13.2 Å². The van der Waals surface area contributed by atoms with Crippen LogP contribution in [-0.2, 0) is 25.2 Å². The Morgan fingerprint density at radius 1 is 1.25 bits per heavy atom. The Hall–Kier alpha value is -1.40. The van der Waals surface area contributed by atoms with Crippen molar-refractivity contribution in [3.05, 3.63) is 29.8 Å². The van der Waals surface area contributed by atoms with Crippen LogP contribution in [0.3, 0.4) is 0 Å². The van der Waals surface area contributed by atoms with Gasteiger partial charge < -0.3 is 4.74 Å². The van der Waals surface area contributed by atoms with E-state index in [-0.39, 0.29) is 4.90 Å². The summed E-state index contributed by atoms with van der Waals surface area (Å²) in [5.41, 5.74) is 0.255. The van der Waals surface area contributed by atoms with Crippen LogP contribution in [-0.4, -0.2) is 14.9 Å². The van der Waals surface area contributed by atoms with Crippen molar-refractivity contribution >= 4 is 16.5 Å². The summed E-state index contributed by atoms with van der Waals surface area (Å²) in [5, 5.41) is 4.97. The number of carbonyl (C=O) groups excluding carboxylic acids is 1. The van der Waals surface area contributed by atoms with Crippen LogP contribution >= 0.6 is 0 Å². The number of ether oxygens (including phenoxy) is 1. The topological polar surface area (TPSA) is 86.5 Å². The van der Waals surface area contributed by atoms with E-state index in [4.69, 9.17) is 9.88 Å². The van der Waals surface area contributed by atoms with Gasteiger partial charge in [-0.1, -0.05) is 12.1 Å². The molecule has 86 valence electrons. The fourth-order valence-corrected chi connectivity index (χ4v) is 2.14. The Bertz CT molecular complexity index is 502. The van der Waals surface area contributed by atoms with E-state index in [0.717, 1.165) is 18.4 Å². The van der Waals surface area contributed by atoms with Crippen LogP contribution in [0.2, 0.25) is 0 Å². The third-order valence-corrected chi connectivity index (χ3v) is 3.62. The molecule has 1 fully saturated rings. The van der Waals surface area contributed by atoms with Gasteiger partial charge in [-0.15, -0.1) is 0 Å². The second-order valence-corrected chi connectivity index (χ2v) is 5.34. The smallest absolute Gasteiger partial charge is 0.293 e. The minimum absolute atomic E-state index is 0.0538. The predicted octanol–water partition coefficient (Wildman–Crippen LogP) is 0.496. The Labute approximate surface area is 93.3 Å². The first kappa shape index (κ1) is 11.1. The molecule has 2 rings (SSSR count). The van der Waals surface area contributed by atoms with Gasteiger partial charge in [-0.05, 0) is 30.5 Å². The quantitative estimate of drug-likeness (QED) is 0.777. The van der Waals surface area contributed by atoms with Crippen LogP contribution in [0.4, 0.5) is 0 Å². The molecule has 2 N–H and O–H groups in total. The van der Waals surface area contributed by atoms with E-state index in [1.54, 1.807) is 12.1 Å². The third-order valence-electron chi connectivity index (χ3n) is 2.69. The number of hydrogen-bond donors (Lipinski definition) is 1. The third kappa shape index (κ3) is 1.94. The molecule has 0 aromatic heterocycles. The largest absolute Gasteiger partial charge is 0.456 e.